The van der Waals surface area contributed by atoms with E-state index in [-0.39, 0.29) is 11.9 Å². The standard InChI is InChI=1S/C14H17N3OS/c1-10(16-12-6-4-3-5-7-12)8-15-14(18)13-9-19-17-11(13)2/h3-7,9-10,16H,8H2,1-2H3,(H,15,18). The first-order valence-corrected chi connectivity index (χ1v) is 7.01. The van der Waals surface area contributed by atoms with Gasteiger partial charge in [-0.25, -0.2) is 0 Å². The second-order valence-corrected chi connectivity index (χ2v) is 5.06. The predicted molar refractivity (Wildman–Crippen MR) is 78.7 cm³/mol. The number of aromatic nitrogens is 1. The van der Waals surface area contributed by atoms with E-state index in [2.05, 4.69) is 15.0 Å². The number of carbonyl (C=O) groups excluding carboxylic acids is 1. The molecular weight excluding hydrogens is 258 g/mol. The molecule has 2 N–H and O–H groups in total. The second-order valence-electron chi connectivity index (χ2n) is 4.44. The van der Waals surface area contributed by atoms with Crippen LogP contribution in [0.1, 0.15) is 23.0 Å². The quantitative estimate of drug-likeness (QED) is 0.882. The van der Waals surface area contributed by atoms with E-state index in [9.17, 15) is 4.79 Å². The van der Waals surface area contributed by atoms with Crippen molar-refractivity contribution < 1.29 is 4.79 Å². The van der Waals surface area contributed by atoms with Gasteiger partial charge in [0, 0.05) is 23.7 Å². The first kappa shape index (κ1) is 13.5. The highest BCUT2D eigenvalue weighted by molar-refractivity contribution is 7.03. The molecule has 1 heterocycles. The van der Waals surface area contributed by atoms with E-state index in [1.165, 1.54) is 11.5 Å². The van der Waals surface area contributed by atoms with Gasteiger partial charge in [0.1, 0.15) is 0 Å². The number of benzene rings is 1. The third-order valence-electron chi connectivity index (χ3n) is 2.75. The van der Waals surface area contributed by atoms with E-state index in [0.29, 0.717) is 12.1 Å². The maximum absolute atomic E-state index is 11.9. The molecule has 2 aromatic rings. The Morgan fingerprint density at radius 2 is 2.11 bits per heavy atom. The Labute approximate surface area is 117 Å². The van der Waals surface area contributed by atoms with Crippen molar-refractivity contribution in [3.8, 4) is 0 Å². The Morgan fingerprint density at radius 1 is 1.37 bits per heavy atom. The Hall–Kier alpha value is -1.88. The molecule has 2 rings (SSSR count). The van der Waals surface area contributed by atoms with Crippen LogP contribution in [0.25, 0.3) is 0 Å². The summed E-state index contributed by atoms with van der Waals surface area (Å²) in [5, 5.41) is 8.02. The molecule has 5 heteroatoms. The van der Waals surface area contributed by atoms with Gasteiger partial charge in [-0.15, -0.1) is 0 Å². The number of aryl methyl sites for hydroxylation is 1. The van der Waals surface area contributed by atoms with Gasteiger partial charge in [-0.05, 0) is 37.5 Å². The molecule has 0 bridgehead atoms. The second kappa shape index (κ2) is 6.33. The van der Waals surface area contributed by atoms with E-state index >= 15 is 0 Å². The largest absolute Gasteiger partial charge is 0.381 e. The summed E-state index contributed by atoms with van der Waals surface area (Å²) < 4.78 is 4.10. The average molecular weight is 275 g/mol. The summed E-state index contributed by atoms with van der Waals surface area (Å²) in [7, 11) is 0. The van der Waals surface area contributed by atoms with Gasteiger partial charge in [0.05, 0.1) is 11.3 Å². The van der Waals surface area contributed by atoms with Crippen molar-refractivity contribution in [2.24, 2.45) is 0 Å². The number of carbonyl (C=O) groups is 1. The van der Waals surface area contributed by atoms with Gasteiger partial charge in [-0.2, -0.15) is 4.37 Å². The first-order chi connectivity index (χ1) is 9.16. The van der Waals surface area contributed by atoms with Gasteiger partial charge in [-0.3, -0.25) is 4.79 Å². The lowest BCUT2D eigenvalue weighted by Crippen LogP contribution is -2.34. The van der Waals surface area contributed by atoms with E-state index in [1.807, 2.05) is 44.2 Å². The summed E-state index contributed by atoms with van der Waals surface area (Å²) in [6.07, 6.45) is 0. The molecule has 19 heavy (non-hydrogen) atoms. The van der Waals surface area contributed by atoms with Crippen molar-refractivity contribution in [1.29, 1.82) is 0 Å². The summed E-state index contributed by atoms with van der Waals surface area (Å²) in [5.74, 6) is -0.0621. The minimum absolute atomic E-state index is 0.0621. The molecule has 0 aliphatic rings. The van der Waals surface area contributed by atoms with Gasteiger partial charge < -0.3 is 10.6 Å². The molecular formula is C14H17N3OS. The van der Waals surface area contributed by atoms with Gasteiger partial charge in [0.2, 0.25) is 0 Å². The zero-order chi connectivity index (χ0) is 13.7. The summed E-state index contributed by atoms with van der Waals surface area (Å²) in [6, 6.07) is 10.1. The number of amides is 1. The molecule has 1 unspecified atom stereocenters. The minimum atomic E-state index is -0.0621. The van der Waals surface area contributed by atoms with Crippen LogP contribution in [0.15, 0.2) is 35.7 Å². The highest BCUT2D eigenvalue weighted by Crippen LogP contribution is 2.09. The highest BCUT2D eigenvalue weighted by Gasteiger charge is 2.11. The number of nitrogens with zero attached hydrogens (tertiary/aromatic N) is 1. The molecule has 4 nitrogen and oxygen atoms in total. The van der Waals surface area contributed by atoms with E-state index in [4.69, 9.17) is 0 Å². The van der Waals surface area contributed by atoms with Crippen LogP contribution in [0.5, 0.6) is 0 Å². The van der Waals surface area contributed by atoms with Crippen LogP contribution in [0, 0.1) is 6.92 Å². The highest BCUT2D eigenvalue weighted by atomic mass is 32.1. The van der Waals surface area contributed by atoms with Crippen molar-refractivity contribution in [1.82, 2.24) is 9.69 Å². The van der Waals surface area contributed by atoms with E-state index in [1.54, 1.807) is 5.38 Å². The van der Waals surface area contributed by atoms with Crippen molar-refractivity contribution in [3.63, 3.8) is 0 Å². The van der Waals surface area contributed by atoms with Crippen LogP contribution in [0.4, 0.5) is 5.69 Å². The molecule has 1 atom stereocenters. The van der Waals surface area contributed by atoms with E-state index < -0.39 is 0 Å². The maximum atomic E-state index is 11.9. The fourth-order valence-corrected chi connectivity index (χ4v) is 2.41. The lowest BCUT2D eigenvalue weighted by molar-refractivity contribution is 0.0952. The number of hydrogen-bond donors (Lipinski definition) is 2. The lowest BCUT2D eigenvalue weighted by atomic mass is 10.2. The number of nitrogens with one attached hydrogen (secondary N) is 2. The van der Waals surface area contributed by atoms with Crippen LogP contribution in [0.3, 0.4) is 0 Å². The third-order valence-corrected chi connectivity index (χ3v) is 3.47. The number of rotatable bonds is 5. The molecule has 0 aliphatic heterocycles. The Morgan fingerprint density at radius 3 is 2.74 bits per heavy atom. The van der Waals surface area contributed by atoms with E-state index in [0.717, 1.165) is 11.4 Å². The van der Waals surface area contributed by atoms with Crippen LogP contribution in [-0.4, -0.2) is 22.9 Å². The fourth-order valence-electron chi connectivity index (χ4n) is 1.72. The van der Waals surface area contributed by atoms with Crippen molar-refractivity contribution in [2.45, 2.75) is 19.9 Å². The summed E-state index contributed by atoms with van der Waals surface area (Å²) >= 11 is 1.30. The van der Waals surface area contributed by atoms with Crippen LogP contribution >= 0.6 is 11.5 Å². The first-order valence-electron chi connectivity index (χ1n) is 6.17. The average Bonchev–Trinajstić information content (AvgIpc) is 2.83. The monoisotopic (exact) mass is 275 g/mol. The number of para-hydroxylation sites is 1. The molecule has 0 aliphatic carbocycles. The zero-order valence-corrected chi connectivity index (χ0v) is 11.8. The Balaban J connectivity index is 1.82. The predicted octanol–water partition coefficient (Wildman–Crippen LogP) is 2.68. The molecule has 1 aromatic carbocycles. The summed E-state index contributed by atoms with van der Waals surface area (Å²) in [4.78, 5) is 11.9. The summed E-state index contributed by atoms with van der Waals surface area (Å²) in [5.41, 5.74) is 2.50. The Kier molecular flexibility index (Phi) is 4.52. The molecule has 1 aromatic heterocycles. The molecule has 100 valence electrons. The normalized spacial score (nSPS) is 11.9. The maximum Gasteiger partial charge on any atom is 0.254 e. The van der Waals surface area contributed by atoms with Crippen LogP contribution in [-0.2, 0) is 0 Å². The molecule has 0 fully saturated rings. The fraction of sp³-hybridized carbons (Fsp3) is 0.286. The lowest BCUT2D eigenvalue weighted by Gasteiger charge is -2.15. The van der Waals surface area contributed by atoms with Gasteiger partial charge in [-0.1, -0.05) is 18.2 Å². The van der Waals surface area contributed by atoms with Crippen molar-refractivity contribution >= 4 is 23.1 Å². The molecule has 0 saturated carbocycles. The topological polar surface area (TPSA) is 54.0 Å². The molecule has 0 saturated heterocycles. The van der Waals surface area contributed by atoms with Crippen molar-refractivity contribution in [2.75, 3.05) is 11.9 Å². The summed E-state index contributed by atoms with van der Waals surface area (Å²) in [6.45, 7) is 4.45. The Bertz CT molecular complexity index is 539. The zero-order valence-electron chi connectivity index (χ0n) is 11.0. The van der Waals surface area contributed by atoms with Gasteiger partial charge in [0.15, 0.2) is 0 Å². The molecule has 0 spiro atoms. The molecule has 0 radical (unpaired) electrons. The van der Waals surface area contributed by atoms with Gasteiger partial charge >= 0.3 is 0 Å². The smallest absolute Gasteiger partial charge is 0.254 e. The number of hydrogen-bond acceptors (Lipinski definition) is 4. The SMILES string of the molecule is Cc1nscc1C(=O)NCC(C)Nc1ccccc1. The van der Waals surface area contributed by atoms with Crippen LogP contribution in [0.2, 0.25) is 0 Å². The molecule has 1 amide bonds. The van der Waals surface area contributed by atoms with Gasteiger partial charge in [0.25, 0.3) is 5.91 Å². The van der Waals surface area contributed by atoms with Crippen molar-refractivity contribution in [3.05, 3.63) is 47.0 Å². The minimum Gasteiger partial charge on any atom is -0.381 e. The third kappa shape index (κ3) is 3.79. The number of anilines is 1. The van der Waals surface area contributed by atoms with Crippen LogP contribution < -0.4 is 10.6 Å².